The van der Waals surface area contributed by atoms with Crippen LogP contribution in [0.15, 0.2) is 42.5 Å². The van der Waals surface area contributed by atoms with Crippen LogP contribution in [0.1, 0.15) is 12.5 Å². The van der Waals surface area contributed by atoms with Crippen LogP contribution in [0.4, 0.5) is 11.4 Å². The van der Waals surface area contributed by atoms with E-state index in [4.69, 9.17) is 10.00 Å². The van der Waals surface area contributed by atoms with Gasteiger partial charge >= 0.3 is 0 Å². The number of ether oxygens (including phenoxy) is 1. The molecule has 0 atom stereocenters. The second-order valence-corrected chi connectivity index (χ2v) is 4.27. The van der Waals surface area contributed by atoms with E-state index in [-0.39, 0.29) is 11.3 Å². The van der Waals surface area contributed by atoms with Gasteiger partial charge < -0.3 is 14.7 Å². The van der Waals surface area contributed by atoms with Gasteiger partial charge in [-0.3, -0.25) is 0 Å². The highest BCUT2D eigenvalue weighted by Crippen LogP contribution is 2.34. The van der Waals surface area contributed by atoms with Crippen LogP contribution in [0, 0.1) is 11.3 Å². The van der Waals surface area contributed by atoms with Crippen LogP contribution in [-0.2, 0) is 0 Å². The number of hydrogen-bond acceptors (Lipinski definition) is 4. The summed E-state index contributed by atoms with van der Waals surface area (Å²) in [5, 5.41) is 18.6. The predicted molar refractivity (Wildman–Crippen MR) is 78.5 cm³/mol. The van der Waals surface area contributed by atoms with E-state index >= 15 is 0 Å². The lowest BCUT2D eigenvalue weighted by molar-refractivity contribution is 0.341. The summed E-state index contributed by atoms with van der Waals surface area (Å²) in [4.78, 5) is 1.91. The predicted octanol–water partition coefficient (Wildman–Crippen LogP) is 3.43. The molecule has 0 heterocycles. The quantitative estimate of drug-likeness (QED) is 0.923. The number of nitrogens with zero attached hydrogens (tertiary/aromatic N) is 2. The van der Waals surface area contributed by atoms with E-state index in [9.17, 15) is 5.11 Å². The maximum absolute atomic E-state index is 9.78. The summed E-state index contributed by atoms with van der Waals surface area (Å²) >= 11 is 0. The van der Waals surface area contributed by atoms with Gasteiger partial charge in [-0.1, -0.05) is 12.1 Å². The van der Waals surface area contributed by atoms with E-state index in [1.807, 2.05) is 49.2 Å². The molecule has 0 aliphatic carbocycles. The number of para-hydroxylation sites is 2. The maximum atomic E-state index is 9.78. The molecule has 0 fully saturated rings. The van der Waals surface area contributed by atoms with Crippen LogP contribution in [0.3, 0.4) is 0 Å². The van der Waals surface area contributed by atoms with E-state index in [1.165, 1.54) is 0 Å². The Morgan fingerprint density at radius 2 is 2.00 bits per heavy atom. The molecule has 2 rings (SSSR count). The minimum atomic E-state index is -0.0225. The van der Waals surface area contributed by atoms with Crippen molar-refractivity contribution in [1.82, 2.24) is 0 Å². The lowest BCUT2D eigenvalue weighted by Crippen LogP contribution is -2.11. The zero-order valence-corrected chi connectivity index (χ0v) is 11.5. The number of anilines is 2. The molecule has 2 aromatic carbocycles. The van der Waals surface area contributed by atoms with Gasteiger partial charge in [-0.15, -0.1) is 0 Å². The Morgan fingerprint density at radius 1 is 1.25 bits per heavy atom. The third-order valence-electron chi connectivity index (χ3n) is 3.02. The van der Waals surface area contributed by atoms with Gasteiger partial charge in [0.15, 0.2) is 0 Å². The molecule has 4 nitrogen and oxygen atoms in total. The molecule has 0 aromatic heterocycles. The standard InChI is InChI=1S/C16H16N2O2/c1-3-20-16-7-5-4-6-14(16)18(2)13-9-8-12(11-17)15(19)10-13/h4-10,19H,3H2,1-2H3. The van der Waals surface area contributed by atoms with Crippen molar-refractivity contribution in [2.75, 3.05) is 18.6 Å². The molecule has 0 spiro atoms. The van der Waals surface area contributed by atoms with Crippen molar-refractivity contribution in [3.8, 4) is 17.6 Å². The van der Waals surface area contributed by atoms with Crippen molar-refractivity contribution < 1.29 is 9.84 Å². The van der Waals surface area contributed by atoms with Gasteiger partial charge in [0.1, 0.15) is 17.6 Å². The van der Waals surface area contributed by atoms with Crippen molar-refractivity contribution >= 4 is 11.4 Å². The van der Waals surface area contributed by atoms with Crippen LogP contribution < -0.4 is 9.64 Å². The van der Waals surface area contributed by atoms with Crippen molar-refractivity contribution in [2.24, 2.45) is 0 Å². The molecule has 0 radical (unpaired) electrons. The topological polar surface area (TPSA) is 56.5 Å². The zero-order chi connectivity index (χ0) is 14.5. The molecule has 102 valence electrons. The van der Waals surface area contributed by atoms with Crippen molar-refractivity contribution in [1.29, 1.82) is 5.26 Å². The molecule has 0 aliphatic rings. The Labute approximate surface area is 118 Å². The molecule has 0 unspecified atom stereocenters. The number of rotatable bonds is 4. The number of phenols is 1. The Bertz CT molecular complexity index is 647. The summed E-state index contributed by atoms with van der Waals surface area (Å²) in [5.41, 5.74) is 1.95. The highest BCUT2D eigenvalue weighted by molar-refractivity contribution is 5.70. The summed E-state index contributed by atoms with van der Waals surface area (Å²) < 4.78 is 5.60. The fraction of sp³-hybridized carbons (Fsp3) is 0.188. The van der Waals surface area contributed by atoms with Crippen LogP contribution in [0.5, 0.6) is 11.5 Å². The molecule has 0 amide bonds. The first-order valence-electron chi connectivity index (χ1n) is 6.36. The number of nitriles is 1. The van der Waals surface area contributed by atoms with Crippen LogP contribution in [0.25, 0.3) is 0 Å². The SMILES string of the molecule is CCOc1ccccc1N(C)c1ccc(C#N)c(O)c1. The van der Waals surface area contributed by atoms with Gasteiger partial charge in [0, 0.05) is 18.8 Å². The number of phenolic OH excluding ortho intramolecular Hbond substituents is 1. The molecule has 0 saturated carbocycles. The summed E-state index contributed by atoms with van der Waals surface area (Å²) in [6.45, 7) is 2.52. The molecule has 2 aromatic rings. The third kappa shape index (κ3) is 2.67. The zero-order valence-electron chi connectivity index (χ0n) is 11.5. The molecule has 0 aliphatic heterocycles. The smallest absolute Gasteiger partial charge is 0.142 e. The lowest BCUT2D eigenvalue weighted by Gasteiger charge is -2.22. The van der Waals surface area contributed by atoms with Gasteiger partial charge in [0.05, 0.1) is 17.9 Å². The molecule has 0 saturated heterocycles. The number of benzene rings is 2. The molecular formula is C16H16N2O2. The molecule has 20 heavy (non-hydrogen) atoms. The van der Waals surface area contributed by atoms with Gasteiger partial charge in [0.2, 0.25) is 0 Å². The Morgan fingerprint density at radius 3 is 2.65 bits per heavy atom. The fourth-order valence-electron chi connectivity index (χ4n) is 1.97. The minimum Gasteiger partial charge on any atom is -0.506 e. The Balaban J connectivity index is 2.39. The molecule has 0 bridgehead atoms. The second kappa shape index (κ2) is 5.98. The fourth-order valence-corrected chi connectivity index (χ4v) is 1.97. The summed E-state index contributed by atoms with van der Waals surface area (Å²) in [6, 6.07) is 14.6. The lowest BCUT2D eigenvalue weighted by atomic mass is 10.1. The minimum absolute atomic E-state index is 0.0225. The average Bonchev–Trinajstić information content (AvgIpc) is 2.47. The van der Waals surface area contributed by atoms with Gasteiger partial charge in [-0.2, -0.15) is 5.26 Å². The average molecular weight is 268 g/mol. The second-order valence-electron chi connectivity index (χ2n) is 4.27. The van der Waals surface area contributed by atoms with Crippen LogP contribution >= 0.6 is 0 Å². The van der Waals surface area contributed by atoms with Crippen molar-refractivity contribution in [3.63, 3.8) is 0 Å². The van der Waals surface area contributed by atoms with Gasteiger partial charge in [-0.05, 0) is 31.2 Å². The van der Waals surface area contributed by atoms with E-state index in [0.29, 0.717) is 6.61 Å². The number of hydrogen-bond donors (Lipinski definition) is 1. The summed E-state index contributed by atoms with van der Waals surface area (Å²) in [5.74, 6) is 0.757. The van der Waals surface area contributed by atoms with Crippen LogP contribution in [-0.4, -0.2) is 18.8 Å². The van der Waals surface area contributed by atoms with E-state index in [1.54, 1.807) is 18.2 Å². The highest BCUT2D eigenvalue weighted by atomic mass is 16.5. The summed E-state index contributed by atoms with van der Waals surface area (Å²) in [7, 11) is 1.89. The van der Waals surface area contributed by atoms with E-state index in [2.05, 4.69) is 0 Å². The molecular weight excluding hydrogens is 252 g/mol. The monoisotopic (exact) mass is 268 g/mol. The van der Waals surface area contributed by atoms with Gasteiger partial charge in [-0.25, -0.2) is 0 Å². The summed E-state index contributed by atoms with van der Waals surface area (Å²) in [6.07, 6.45) is 0. The molecule has 1 N–H and O–H groups in total. The third-order valence-corrected chi connectivity index (χ3v) is 3.02. The number of aromatic hydroxyl groups is 1. The van der Waals surface area contributed by atoms with E-state index in [0.717, 1.165) is 17.1 Å². The van der Waals surface area contributed by atoms with E-state index < -0.39 is 0 Å². The first-order chi connectivity index (χ1) is 9.67. The first kappa shape index (κ1) is 13.8. The Hall–Kier alpha value is -2.67. The van der Waals surface area contributed by atoms with Crippen LogP contribution in [0.2, 0.25) is 0 Å². The van der Waals surface area contributed by atoms with Gasteiger partial charge in [0.25, 0.3) is 0 Å². The highest BCUT2D eigenvalue weighted by Gasteiger charge is 2.11. The Kier molecular flexibility index (Phi) is 4.11. The largest absolute Gasteiger partial charge is 0.506 e. The van der Waals surface area contributed by atoms with Crippen molar-refractivity contribution in [3.05, 3.63) is 48.0 Å². The normalized spacial score (nSPS) is 9.85. The maximum Gasteiger partial charge on any atom is 0.142 e. The molecule has 4 heteroatoms. The van der Waals surface area contributed by atoms with Crippen molar-refractivity contribution in [2.45, 2.75) is 6.92 Å². The first-order valence-corrected chi connectivity index (χ1v) is 6.36.